The van der Waals surface area contributed by atoms with Gasteiger partial charge in [-0.1, -0.05) is 48.5 Å². The molecule has 4 aliphatic heterocycles. The van der Waals surface area contributed by atoms with Gasteiger partial charge in [-0.25, -0.2) is 0 Å². The van der Waals surface area contributed by atoms with E-state index in [9.17, 15) is 20.1 Å². The minimum atomic E-state index is -1.65. The number of hydrogen-bond acceptors (Lipinski definition) is 11. The third-order valence-corrected chi connectivity index (χ3v) is 12.9. The van der Waals surface area contributed by atoms with Crippen LogP contribution in [0.15, 0.2) is 0 Å². The lowest BCUT2D eigenvalue weighted by molar-refractivity contribution is -0.312. The highest BCUT2D eigenvalue weighted by atomic mass is 16.7. The predicted octanol–water partition coefficient (Wildman–Crippen LogP) is 4.25. The number of methoxy groups -OCH3 is 1. The fraction of sp³-hybridized carbons (Fsp3) is 0.975. The van der Waals surface area contributed by atoms with Gasteiger partial charge in [-0.2, -0.15) is 0 Å². The van der Waals surface area contributed by atoms with Crippen molar-refractivity contribution in [2.45, 2.75) is 199 Å². The number of nitrogens with one attached hydrogen (secondary N) is 1. The molecule has 52 heavy (non-hydrogen) atoms. The van der Waals surface area contributed by atoms with Crippen LogP contribution in [0.3, 0.4) is 0 Å². The number of hydrogen-bond donors (Lipinski definition) is 4. The number of amides is 1. The average Bonchev–Trinajstić information content (AvgIpc) is 3.37. The van der Waals surface area contributed by atoms with Crippen LogP contribution in [0.4, 0.5) is 0 Å². The summed E-state index contributed by atoms with van der Waals surface area (Å²) in [6.07, 6.45) is -3.20. The first-order valence-electron chi connectivity index (χ1n) is 20.0. The fourth-order valence-corrected chi connectivity index (χ4v) is 10.0. The van der Waals surface area contributed by atoms with Gasteiger partial charge in [0.25, 0.3) is 0 Å². The SMILES string of the molecule is CC[C@H]1NC(=O)[C@H](C)[C@@H](O[C@H]2C[C@@](C)(OC)C[C@H](C)O2)[C@H](C)[C@@H](O[C@@H]2O[C@H](C)C[C@H](N(C)CC(C)C)[C@H]2O)[C@@]2(C)C[C@@H](C)[C@@H](O2)[C@H](C)[C@@H](O)[C@]1(C)O. The Bertz CT molecular complexity index is 1180. The summed E-state index contributed by atoms with van der Waals surface area (Å²) in [5, 5.41) is 38.6. The van der Waals surface area contributed by atoms with E-state index in [1.54, 1.807) is 14.0 Å². The van der Waals surface area contributed by atoms with Gasteiger partial charge in [0.05, 0.1) is 59.8 Å². The molecule has 4 fully saturated rings. The van der Waals surface area contributed by atoms with Crippen LogP contribution in [-0.2, 0) is 33.2 Å². The van der Waals surface area contributed by atoms with E-state index >= 15 is 0 Å². The maximum atomic E-state index is 14.3. The molecule has 4 aliphatic rings. The van der Waals surface area contributed by atoms with Crippen LogP contribution in [-0.4, -0.2) is 131 Å². The number of carbonyl (C=O) groups excluding carboxylic acids is 1. The Labute approximate surface area is 313 Å². The smallest absolute Gasteiger partial charge is 0.225 e. The van der Waals surface area contributed by atoms with Crippen molar-refractivity contribution in [1.29, 1.82) is 0 Å². The van der Waals surface area contributed by atoms with E-state index in [0.29, 0.717) is 38.0 Å². The molecule has 0 aromatic rings. The Morgan fingerprint density at radius 2 is 1.62 bits per heavy atom. The maximum absolute atomic E-state index is 14.3. The third-order valence-electron chi connectivity index (χ3n) is 12.9. The largest absolute Gasteiger partial charge is 0.390 e. The zero-order valence-electron chi connectivity index (χ0n) is 34.6. The number of fused-ring (bicyclic) bond motifs is 2. The third kappa shape index (κ3) is 9.36. The minimum Gasteiger partial charge on any atom is -0.390 e. The molecule has 0 radical (unpaired) electrons. The summed E-state index contributed by atoms with van der Waals surface area (Å²) in [6, 6.07) is -0.921. The molecular formula is C40H74N2O10. The summed E-state index contributed by atoms with van der Waals surface area (Å²) in [6.45, 7) is 24.5. The Morgan fingerprint density at radius 3 is 2.21 bits per heavy atom. The van der Waals surface area contributed by atoms with Crippen LogP contribution >= 0.6 is 0 Å². The van der Waals surface area contributed by atoms with Crippen molar-refractivity contribution in [3.05, 3.63) is 0 Å². The van der Waals surface area contributed by atoms with E-state index in [-0.39, 0.29) is 30.1 Å². The van der Waals surface area contributed by atoms with Gasteiger partial charge in [0.15, 0.2) is 12.6 Å². The van der Waals surface area contributed by atoms with Gasteiger partial charge >= 0.3 is 0 Å². The molecule has 0 aromatic heterocycles. The second-order valence-corrected chi connectivity index (χ2v) is 18.3. The van der Waals surface area contributed by atoms with Crippen LogP contribution < -0.4 is 5.32 Å². The average molecular weight is 743 g/mol. The molecule has 4 heterocycles. The molecule has 0 aromatic carbocycles. The molecular weight excluding hydrogens is 668 g/mol. The molecule has 0 aliphatic carbocycles. The summed E-state index contributed by atoms with van der Waals surface area (Å²) < 4.78 is 39.7. The zero-order chi connectivity index (χ0) is 39.1. The van der Waals surface area contributed by atoms with Crippen molar-refractivity contribution in [3.63, 3.8) is 0 Å². The van der Waals surface area contributed by atoms with Crippen molar-refractivity contribution in [2.75, 3.05) is 20.7 Å². The molecule has 304 valence electrons. The van der Waals surface area contributed by atoms with Crippen LogP contribution in [0.25, 0.3) is 0 Å². The van der Waals surface area contributed by atoms with Crippen LogP contribution in [0.1, 0.15) is 115 Å². The molecule has 0 spiro atoms. The van der Waals surface area contributed by atoms with E-state index < -0.39 is 83.7 Å². The van der Waals surface area contributed by atoms with Gasteiger partial charge < -0.3 is 54.0 Å². The standard InChI is InChI=1S/C40H74N2O10/c1-15-29-40(12,46)34(44)25(7)32-22(4)17-39(11,52-32)35(51-37-31(43)28(16-23(5)49-37)42(13)20-21(2)3)26(8)33(27(9)36(45)41-29)50-30-19-38(10,47-14)18-24(6)48-30/h21-35,37,43-44,46H,15-20H2,1-14H3,(H,41,45)/t22-,23-,24+,25+,26+,27-,28+,29-,30+,31-,32-,33+,34-,35-,37+,38+,39-,40-/m1/s1. The van der Waals surface area contributed by atoms with E-state index in [2.05, 4.69) is 31.0 Å². The van der Waals surface area contributed by atoms with E-state index in [0.717, 1.165) is 6.54 Å². The first-order chi connectivity index (χ1) is 24.1. The normalized spacial score (nSPS) is 49.7. The molecule has 4 rings (SSSR count). The first-order valence-corrected chi connectivity index (χ1v) is 20.0. The highest BCUT2D eigenvalue weighted by Gasteiger charge is 2.57. The summed E-state index contributed by atoms with van der Waals surface area (Å²) in [5.74, 6) is -1.61. The number of nitrogens with zero attached hydrogens (tertiary/aromatic N) is 1. The topological polar surface area (TPSA) is 148 Å². The second kappa shape index (κ2) is 17.1. The molecule has 2 bridgehead atoms. The first kappa shape index (κ1) is 43.8. The molecule has 12 heteroatoms. The number of likely N-dealkylation sites (N-methyl/N-ethyl adjacent to an activating group) is 1. The lowest BCUT2D eigenvalue weighted by Crippen LogP contribution is -2.61. The Balaban J connectivity index is 1.82. The van der Waals surface area contributed by atoms with Crippen molar-refractivity contribution in [2.24, 2.45) is 29.6 Å². The molecule has 1 amide bonds. The van der Waals surface area contributed by atoms with Gasteiger partial charge in [-0.05, 0) is 72.8 Å². The van der Waals surface area contributed by atoms with Crippen molar-refractivity contribution >= 4 is 5.91 Å². The predicted molar refractivity (Wildman–Crippen MR) is 198 cm³/mol. The summed E-state index contributed by atoms with van der Waals surface area (Å²) in [5.41, 5.74) is -3.07. The molecule has 12 nitrogen and oxygen atoms in total. The van der Waals surface area contributed by atoms with Crippen molar-refractivity contribution in [1.82, 2.24) is 10.2 Å². The van der Waals surface area contributed by atoms with Crippen LogP contribution in [0, 0.1) is 29.6 Å². The highest BCUT2D eigenvalue weighted by Crippen LogP contribution is 2.47. The van der Waals surface area contributed by atoms with E-state index in [1.807, 2.05) is 62.4 Å². The number of aliphatic hydroxyl groups is 3. The monoisotopic (exact) mass is 743 g/mol. The maximum Gasteiger partial charge on any atom is 0.225 e. The molecule has 0 unspecified atom stereocenters. The van der Waals surface area contributed by atoms with Gasteiger partial charge in [-0.15, -0.1) is 0 Å². The number of carbonyl (C=O) groups is 1. The van der Waals surface area contributed by atoms with Crippen molar-refractivity contribution in [3.8, 4) is 0 Å². The Kier molecular flexibility index (Phi) is 14.4. The van der Waals surface area contributed by atoms with Crippen LogP contribution in [0.5, 0.6) is 0 Å². The molecule has 4 saturated heterocycles. The molecule has 0 saturated carbocycles. The number of rotatable bonds is 9. The second-order valence-electron chi connectivity index (χ2n) is 18.3. The van der Waals surface area contributed by atoms with E-state index in [1.165, 1.54) is 0 Å². The Hall–Kier alpha value is -0.930. The minimum absolute atomic E-state index is 0.0101. The zero-order valence-corrected chi connectivity index (χ0v) is 34.6. The fourth-order valence-electron chi connectivity index (χ4n) is 10.0. The quantitative estimate of drug-likeness (QED) is 0.269. The Morgan fingerprint density at radius 1 is 0.962 bits per heavy atom. The van der Waals surface area contributed by atoms with Gasteiger partial charge in [0, 0.05) is 44.4 Å². The van der Waals surface area contributed by atoms with Gasteiger partial charge in [0.1, 0.15) is 11.7 Å². The molecule has 4 N–H and O–H groups in total. The summed E-state index contributed by atoms with van der Waals surface area (Å²) in [4.78, 5) is 16.5. The summed E-state index contributed by atoms with van der Waals surface area (Å²) in [7, 11) is 3.73. The summed E-state index contributed by atoms with van der Waals surface area (Å²) >= 11 is 0. The van der Waals surface area contributed by atoms with Crippen molar-refractivity contribution < 1.29 is 48.5 Å². The lowest BCUT2D eigenvalue weighted by Gasteiger charge is -2.48. The van der Waals surface area contributed by atoms with E-state index in [4.69, 9.17) is 28.4 Å². The number of aliphatic hydroxyl groups excluding tert-OH is 2. The molecule has 18 atom stereocenters. The van der Waals surface area contributed by atoms with Gasteiger partial charge in [-0.3, -0.25) is 4.79 Å². The van der Waals surface area contributed by atoms with Gasteiger partial charge in [0.2, 0.25) is 5.91 Å². The number of ether oxygens (including phenoxy) is 6. The van der Waals surface area contributed by atoms with Crippen LogP contribution in [0.2, 0.25) is 0 Å². The highest BCUT2D eigenvalue weighted by molar-refractivity contribution is 5.79. The lowest BCUT2D eigenvalue weighted by atomic mass is 9.75.